The quantitative estimate of drug-likeness (QED) is 0.671. The topological polar surface area (TPSA) is 65.5 Å². The van der Waals surface area contributed by atoms with Crippen LogP contribution in [0.4, 0.5) is 5.69 Å². The molecule has 1 aromatic heterocycles. The molecular formula is C8H11N3O2. The van der Waals surface area contributed by atoms with Crippen molar-refractivity contribution >= 4 is 11.7 Å². The zero-order valence-electron chi connectivity index (χ0n) is 7.48. The Labute approximate surface area is 76.0 Å². The third kappa shape index (κ3) is 2.72. The summed E-state index contributed by atoms with van der Waals surface area (Å²) in [6.07, 6.45) is 1.48. The standard InChI is InChI=1S/C8H11N3O2/c1-11(2)10-6-3-4-7(8(12)13)9-5-6/h3-5,10H,1-2H3,(H,12,13). The average molecular weight is 181 g/mol. The van der Waals surface area contributed by atoms with E-state index in [9.17, 15) is 4.79 Å². The zero-order valence-corrected chi connectivity index (χ0v) is 7.48. The normalized spacial score (nSPS) is 10.1. The van der Waals surface area contributed by atoms with E-state index in [-0.39, 0.29) is 5.69 Å². The van der Waals surface area contributed by atoms with Gasteiger partial charge in [0.25, 0.3) is 0 Å². The highest BCUT2D eigenvalue weighted by Crippen LogP contribution is 2.05. The van der Waals surface area contributed by atoms with Gasteiger partial charge in [0.05, 0.1) is 11.9 Å². The average Bonchev–Trinajstić information content (AvgIpc) is 2.04. The van der Waals surface area contributed by atoms with E-state index in [0.29, 0.717) is 0 Å². The lowest BCUT2D eigenvalue weighted by molar-refractivity contribution is 0.0690. The Bertz CT molecular complexity index is 295. The second-order valence-electron chi connectivity index (χ2n) is 2.74. The molecule has 2 N–H and O–H groups in total. The summed E-state index contributed by atoms with van der Waals surface area (Å²) >= 11 is 0. The first-order valence-electron chi connectivity index (χ1n) is 3.73. The lowest BCUT2D eigenvalue weighted by atomic mass is 10.3. The van der Waals surface area contributed by atoms with Crippen LogP contribution < -0.4 is 5.43 Å². The summed E-state index contributed by atoms with van der Waals surface area (Å²) in [7, 11) is 3.68. The van der Waals surface area contributed by atoms with Gasteiger partial charge in [-0.1, -0.05) is 0 Å². The third-order valence-electron chi connectivity index (χ3n) is 1.34. The first-order valence-corrected chi connectivity index (χ1v) is 3.73. The van der Waals surface area contributed by atoms with Crippen molar-refractivity contribution in [3.8, 4) is 0 Å². The van der Waals surface area contributed by atoms with Gasteiger partial charge in [0.15, 0.2) is 0 Å². The molecule has 0 amide bonds. The number of hydrogen-bond acceptors (Lipinski definition) is 4. The van der Waals surface area contributed by atoms with E-state index in [1.807, 2.05) is 14.1 Å². The first kappa shape index (κ1) is 9.47. The minimum atomic E-state index is -1.02. The van der Waals surface area contributed by atoms with Crippen LogP contribution in [0.1, 0.15) is 10.5 Å². The summed E-state index contributed by atoms with van der Waals surface area (Å²) in [5.74, 6) is -1.02. The molecule has 0 unspecified atom stereocenters. The van der Waals surface area contributed by atoms with Crippen LogP contribution >= 0.6 is 0 Å². The lowest BCUT2D eigenvalue weighted by Crippen LogP contribution is -2.19. The molecule has 0 saturated heterocycles. The van der Waals surface area contributed by atoms with E-state index in [4.69, 9.17) is 5.11 Å². The molecule has 5 heteroatoms. The van der Waals surface area contributed by atoms with E-state index in [0.717, 1.165) is 5.69 Å². The largest absolute Gasteiger partial charge is 0.477 e. The van der Waals surface area contributed by atoms with E-state index in [1.54, 1.807) is 11.1 Å². The highest BCUT2D eigenvalue weighted by atomic mass is 16.4. The maximum absolute atomic E-state index is 10.4. The number of rotatable bonds is 3. The highest BCUT2D eigenvalue weighted by molar-refractivity contribution is 5.85. The summed E-state index contributed by atoms with van der Waals surface area (Å²) < 4.78 is 0. The number of hydrogen-bond donors (Lipinski definition) is 2. The van der Waals surface area contributed by atoms with Gasteiger partial charge < -0.3 is 10.5 Å². The van der Waals surface area contributed by atoms with Crippen molar-refractivity contribution in [3.05, 3.63) is 24.0 Å². The van der Waals surface area contributed by atoms with Gasteiger partial charge in [0.2, 0.25) is 0 Å². The van der Waals surface area contributed by atoms with Gasteiger partial charge in [-0.3, -0.25) is 0 Å². The smallest absolute Gasteiger partial charge is 0.354 e. The molecule has 5 nitrogen and oxygen atoms in total. The van der Waals surface area contributed by atoms with Gasteiger partial charge in [-0.2, -0.15) is 0 Å². The first-order chi connectivity index (χ1) is 6.09. The van der Waals surface area contributed by atoms with Crippen LogP contribution in [0, 0.1) is 0 Å². The molecule has 70 valence electrons. The number of carbonyl (C=O) groups is 1. The predicted molar refractivity (Wildman–Crippen MR) is 48.5 cm³/mol. The lowest BCUT2D eigenvalue weighted by Gasteiger charge is -2.12. The Balaban J connectivity index is 2.75. The number of nitrogens with one attached hydrogen (secondary N) is 1. The third-order valence-corrected chi connectivity index (χ3v) is 1.34. The number of carboxylic acids is 1. The molecule has 0 spiro atoms. The second kappa shape index (κ2) is 3.86. The molecule has 0 fully saturated rings. The number of carboxylic acid groups (broad SMARTS) is 1. The Kier molecular flexibility index (Phi) is 2.81. The molecule has 0 saturated carbocycles. The number of hydrazine groups is 1. The van der Waals surface area contributed by atoms with Crippen LogP contribution in [0.5, 0.6) is 0 Å². The highest BCUT2D eigenvalue weighted by Gasteiger charge is 2.02. The van der Waals surface area contributed by atoms with Crippen molar-refractivity contribution in [1.82, 2.24) is 9.99 Å². The number of nitrogens with zero attached hydrogens (tertiary/aromatic N) is 2. The number of aromatic nitrogens is 1. The van der Waals surface area contributed by atoms with E-state index in [2.05, 4.69) is 10.4 Å². The van der Waals surface area contributed by atoms with Crippen LogP contribution in [0.25, 0.3) is 0 Å². The zero-order chi connectivity index (χ0) is 9.84. The molecule has 1 rings (SSSR count). The molecule has 0 aliphatic carbocycles. The predicted octanol–water partition coefficient (Wildman–Crippen LogP) is 0.668. The van der Waals surface area contributed by atoms with Crippen LogP contribution in [-0.2, 0) is 0 Å². The van der Waals surface area contributed by atoms with Crippen LogP contribution in [0.2, 0.25) is 0 Å². The summed E-state index contributed by atoms with van der Waals surface area (Å²) in [5.41, 5.74) is 3.75. The van der Waals surface area contributed by atoms with Gasteiger partial charge in [-0.25, -0.2) is 14.8 Å². The van der Waals surface area contributed by atoms with Gasteiger partial charge in [0, 0.05) is 14.1 Å². The maximum Gasteiger partial charge on any atom is 0.354 e. The molecule has 0 aliphatic heterocycles. The summed E-state index contributed by atoms with van der Waals surface area (Å²) in [6.45, 7) is 0. The summed E-state index contributed by atoms with van der Waals surface area (Å²) in [6, 6.07) is 3.12. The van der Waals surface area contributed by atoms with Gasteiger partial charge in [-0.05, 0) is 12.1 Å². The Morgan fingerprint density at radius 3 is 2.62 bits per heavy atom. The molecule has 0 bridgehead atoms. The monoisotopic (exact) mass is 181 g/mol. The van der Waals surface area contributed by atoms with Gasteiger partial charge in [0.1, 0.15) is 5.69 Å². The minimum absolute atomic E-state index is 0.0457. The number of pyridine rings is 1. The molecule has 0 aliphatic rings. The SMILES string of the molecule is CN(C)Nc1ccc(C(=O)O)nc1. The fourth-order valence-corrected chi connectivity index (χ4v) is 0.845. The van der Waals surface area contributed by atoms with Crippen molar-refractivity contribution in [1.29, 1.82) is 0 Å². The van der Waals surface area contributed by atoms with E-state index in [1.165, 1.54) is 12.3 Å². The summed E-state index contributed by atoms with van der Waals surface area (Å²) in [4.78, 5) is 14.2. The van der Waals surface area contributed by atoms with E-state index >= 15 is 0 Å². The fourth-order valence-electron chi connectivity index (χ4n) is 0.845. The molecular weight excluding hydrogens is 170 g/mol. The van der Waals surface area contributed by atoms with Crippen molar-refractivity contribution in [2.45, 2.75) is 0 Å². The van der Waals surface area contributed by atoms with Crippen molar-refractivity contribution < 1.29 is 9.90 Å². The van der Waals surface area contributed by atoms with Gasteiger partial charge >= 0.3 is 5.97 Å². The minimum Gasteiger partial charge on any atom is -0.477 e. The molecule has 0 atom stereocenters. The summed E-state index contributed by atoms with van der Waals surface area (Å²) in [5, 5.41) is 10.3. The van der Waals surface area contributed by atoms with Crippen molar-refractivity contribution in [3.63, 3.8) is 0 Å². The van der Waals surface area contributed by atoms with Crippen LogP contribution in [0.3, 0.4) is 0 Å². The van der Waals surface area contributed by atoms with Crippen LogP contribution in [-0.4, -0.2) is 35.2 Å². The molecule has 1 heterocycles. The molecule has 0 radical (unpaired) electrons. The molecule has 1 aromatic rings. The van der Waals surface area contributed by atoms with Crippen molar-refractivity contribution in [2.75, 3.05) is 19.5 Å². The second-order valence-corrected chi connectivity index (χ2v) is 2.74. The Hall–Kier alpha value is -1.62. The van der Waals surface area contributed by atoms with Crippen LogP contribution in [0.15, 0.2) is 18.3 Å². The fraction of sp³-hybridized carbons (Fsp3) is 0.250. The van der Waals surface area contributed by atoms with E-state index < -0.39 is 5.97 Å². The number of aromatic carboxylic acids is 1. The van der Waals surface area contributed by atoms with Gasteiger partial charge in [-0.15, -0.1) is 0 Å². The maximum atomic E-state index is 10.4. The Morgan fingerprint density at radius 2 is 2.23 bits per heavy atom. The number of anilines is 1. The van der Waals surface area contributed by atoms with Crippen molar-refractivity contribution in [2.24, 2.45) is 0 Å². The molecule has 13 heavy (non-hydrogen) atoms. The Morgan fingerprint density at radius 1 is 1.54 bits per heavy atom. The molecule has 0 aromatic carbocycles.